The van der Waals surface area contributed by atoms with Gasteiger partial charge >= 0.3 is 0 Å². The predicted octanol–water partition coefficient (Wildman–Crippen LogP) is 2.73. The zero-order valence-corrected chi connectivity index (χ0v) is 17.1. The van der Waals surface area contributed by atoms with Crippen LogP contribution in [0.3, 0.4) is 0 Å². The lowest BCUT2D eigenvalue weighted by atomic mass is 10.0. The summed E-state index contributed by atoms with van der Waals surface area (Å²) < 4.78 is 6.17. The Balaban J connectivity index is 1.26. The third-order valence-corrected chi connectivity index (χ3v) is 7.16. The van der Waals surface area contributed by atoms with Gasteiger partial charge in [0.15, 0.2) is 5.96 Å². The first-order chi connectivity index (χ1) is 13.8. The van der Waals surface area contributed by atoms with Crippen molar-refractivity contribution in [2.75, 3.05) is 39.3 Å². The summed E-state index contributed by atoms with van der Waals surface area (Å²) >= 11 is 0. The van der Waals surface area contributed by atoms with Crippen LogP contribution in [-0.2, 0) is 11.3 Å². The van der Waals surface area contributed by atoms with E-state index in [0.717, 1.165) is 57.8 Å². The number of guanidine groups is 1. The Morgan fingerprint density at radius 2 is 2.04 bits per heavy atom. The summed E-state index contributed by atoms with van der Waals surface area (Å²) in [5.41, 5.74) is 1.95. The van der Waals surface area contributed by atoms with Crippen LogP contribution in [0, 0.1) is 11.3 Å². The number of morpholine rings is 1. The number of aliphatic imine (C=N–C) groups is 1. The van der Waals surface area contributed by atoms with Crippen LogP contribution in [0.2, 0.25) is 0 Å². The van der Waals surface area contributed by atoms with Gasteiger partial charge in [0.05, 0.1) is 18.8 Å². The predicted molar refractivity (Wildman–Crippen MR) is 112 cm³/mol. The molecule has 4 fully saturated rings. The monoisotopic (exact) mass is 382 g/mol. The third-order valence-electron chi connectivity index (χ3n) is 7.16. The van der Waals surface area contributed by atoms with E-state index < -0.39 is 0 Å². The Hall–Kier alpha value is -1.59. The fraction of sp³-hybridized carbons (Fsp3) is 0.696. The maximum atomic E-state index is 6.17. The van der Waals surface area contributed by atoms with Gasteiger partial charge in [-0.25, -0.2) is 0 Å². The van der Waals surface area contributed by atoms with Crippen LogP contribution in [0.4, 0.5) is 0 Å². The number of hydrogen-bond acceptors (Lipinski definition) is 3. The number of ether oxygens (including phenoxy) is 1. The lowest BCUT2D eigenvalue weighted by Crippen LogP contribution is -2.50. The molecule has 0 aromatic heterocycles. The number of nitrogens with zero attached hydrogens (tertiary/aromatic N) is 3. The van der Waals surface area contributed by atoms with Gasteiger partial charge in [-0.15, -0.1) is 0 Å². The summed E-state index contributed by atoms with van der Waals surface area (Å²) in [4.78, 5) is 10.2. The van der Waals surface area contributed by atoms with Gasteiger partial charge in [-0.3, -0.25) is 9.89 Å². The number of likely N-dealkylation sites (tertiary alicyclic amines) is 1. The van der Waals surface area contributed by atoms with Crippen LogP contribution < -0.4 is 5.32 Å². The molecule has 2 aliphatic carbocycles. The second-order valence-corrected chi connectivity index (χ2v) is 9.14. The topological polar surface area (TPSA) is 40.1 Å². The smallest absolute Gasteiger partial charge is 0.194 e. The first kappa shape index (κ1) is 18.4. The van der Waals surface area contributed by atoms with Crippen LogP contribution in [0.1, 0.15) is 38.2 Å². The van der Waals surface area contributed by atoms with E-state index >= 15 is 0 Å². The largest absolute Gasteiger partial charge is 0.373 e. The molecule has 0 bridgehead atoms. The Bertz CT molecular complexity index is 698. The van der Waals surface area contributed by atoms with Gasteiger partial charge < -0.3 is 15.0 Å². The Kier molecular flexibility index (Phi) is 5.06. The average molecular weight is 383 g/mol. The van der Waals surface area contributed by atoms with E-state index in [2.05, 4.69) is 52.4 Å². The molecule has 152 valence electrons. The molecule has 2 saturated carbocycles. The molecule has 2 heterocycles. The summed E-state index contributed by atoms with van der Waals surface area (Å²) in [5.74, 6) is 2.07. The number of rotatable bonds is 6. The number of hydrogen-bond donors (Lipinski definition) is 1. The fourth-order valence-corrected chi connectivity index (χ4v) is 5.16. The highest BCUT2D eigenvalue weighted by Gasteiger charge is 2.53. The molecule has 1 N–H and O–H groups in total. The molecule has 1 aromatic rings. The van der Waals surface area contributed by atoms with Crippen molar-refractivity contribution in [3.63, 3.8) is 0 Å². The van der Waals surface area contributed by atoms with E-state index in [1.807, 2.05) is 0 Å². The first-order valence-corrected chi connectivity index (χ1v) is 11.2. The molecule has 2 unspecified atom stereocenters. The van der Waals surface area contributed by atoms with Crippen molar-refractivity contribution < 1.29 is 4.74 Å². The molecule has 0 amide bonds. The van der Waals surface area contributed by atoms with E-state index in [0.29, 0.717) is 17.6 Å². The molecule has 5 heteroatoms. The molecule has 2 atom stereocenters. The van der Waals surface area contributed by atoms with Gasteiger partial charge in [-0.1, -0.05) is 30.3 Å². The number of fused-ring (bicyclic) bond motifs is 1. The fourth-order valence-electron chi connectivity index (χ4n) is 5.16. The van der Waals surface area contributed by atoms with E-state index in [1.165, 1.54) is 31.2 Å². The minimum atomic E-state index is 0.291. The summed E-state index contributed by atoms with van der Waals surface area (Å²) in [6.07, 6.45) is 5.93. The average Bonchev–Trinajstić information content (AvgIpc) is 3.63. The van der Waals surface area contributed by atoms with Crippen LogP contribution in [0.5, 0.6) is 0 Å². The van der Waals surface area contributed by atoms with Gasteiger partial charge in [-0.05, 0) is 49.5 Å². The minimum Gasteiger partial charge on any atom is -0.373 e. The van der Waals surface area contributed by atoms with Crippen molar-refractivity contribution in [2.24, 2.45) is 16.3 Å². The molecule has 4 aliphatic rings. The van der Waals surface area contributed by atoms with E-state index in [9.17, 15) is 0 Å². The molecule has 0 spiro atoms. The molecule has 1 aromatic carbocycles. The molecular weight excluding hydrogens is 348 g/mol. The highest BCUT2D eigenvalue weighted by atomic mass is 16.5. The summed E-state index contributed by atoms with van der Waals surface area (Å²) in [7, 11) is 0. The van der Waals surface area contributed by atoms with Gasteiger partial charge in [0.25, 0.3) is 0 Å². The molecular formula is C23H34N4O. The molecule has 2 aliphatic heterocycles. The Morgan fingerprint density at radius 1 is 1.21 bits per heavy atom. The van der Waals surface area contributed by atoms with Crippen molar-refractivity contribution >= 4 is 5.96 Å². The molecule has 28 heavy (non-hydrogen) atoms. The van der Waals surface area contributed by atoms with Crippen molar-refractivity contribution in [1.82, 2.24) is 15.1 Å². The quantitative estimate of drug-likeness (QED) is 0.607. The van der Waals surface area contributed by atoms with Crippen molar-refractivity contribution in [3.8, 4) is 0 Å². The SMILES string of the molecule is CCNC(=NCC1(C2CC2)CC1)N1CC2OCCN(Cc3ccccc3)C2C1. The molecule has 0 radical (unpaired) electrons. The van der Waals surface area contributed by atoms with Gasteiger partial charge in [0.1, 0.15) is 0 Å². The van der Waals surface area contributed by atoms with E-state index in [4.69, 9.17) is 9.73 Å². The Morgan fingerprint density at radius 3 is 2.75 bits per heavy atom. The van der Waals surface area contributed by atoms with Crippen LogP contribution in [0.15, 0.2) is 35.3 Å². The van der Waals surface area contributed by atoms with Crippen LogP contribution in [-0.4, -0.2) is 67.2 Å². The minimum absolute atomic E-state index is 0.291. The Labute approximate surface area is 169 Å². The second kappa shape index (κ2) is 7.68. The van der Waals surface area contributed by atoms with Crippen LogP contribution >= 0.6 is 0 Å². The zero-order valence-electron chi connectivity index (χ0n) is 17.1. The van der Waals surface area contributed by atoms with E-state index in [-0.39, 0.29) is 0 Å². The standard InChI is InChI=1S/C23H34N4O/c1-2-24-22(25-17-23(10-11-23)19-8-9-19)27-15-20-21(16-27)28-13-12-26(20)14-18-6-4-3-5-7-18/h3-7,19-21H,2,8-17H2,1H3,(H,24,25). The summed E-state index contributed by atoms with van der Waals surface area (Å²) in [6, 6.07) is 11.3. The molecule has 5 rings (SSSR count). The highest BCUT2D eigenvalue weighted by molar-refractivity contribution is 5.80. The maximum absolute atomic E-state index is 6.17. The number of benzene rings is 1. The lowest BCUT2D eigenvalue weighted by molar-refractivity contribution is -0.0502. The highest BCUT2D eigenvalue weighted by Crippen LogP contribution is 2.61. The van der Waals surface area contributed by atoms with Gasteiger partial charge in [0.2, 0.25) is 0 Å². The lowest BCUT2D eigenvalue weighted by Gasteiger charge is -2.36. The van der Waals surface area contributed by atoms with Gasteiger partial charge in [0, 0.05) is 39.3 Å². The molecule has 2 saturated heterocycles. The summed E-state index contributed by atoms with van der Waals surface area (Å²) in [6.45, 7) is 8.94. The molecule has 5 nitrogen and oxygen atoms in total. The van der Waals surface area contributed by atoms with Crippen LogP contribution in [0.25, 0.3) is 0 Å². The van der Waals surface area contributed by atoms with Crippen molar-refractivity contribution in [3.05, 3.63) is 35.9 Å². The third kappa shape index (κ3) is 3.79. The zero-order chi connectivity index (χ0) is 19.0. The van der Waals surface area contributed by atoms with Gasteiger partial charge in [-0.2, -0.15) is 0 Å². The van der Waals surface area contributed by atoms with E-state index in [1.54, 1.807) is 0 Å². The summed E-state index contributed by atoms with van der Waals surface area (Å²) in [5, 5.41) is 3.56. The second-order valence-electron chi connectivity index (χ2n) is 9.14. The van der Waals surface area contributed by atoms with Crippen molar-refractivity contribution in [2.45, 2.75) is 51.3 Å². The normalized spacial score (nSPS) is 29.6. The maximum Gasteiger partial charge on any atom is 0.194 e. The first-order valence-electron chi connectivity index (χ1n) is 11.2. The number of nitrogens with one attached hydrogen (secondary N) is 1. The van der Waals surface area contributed by atoms with Crippen molar-refractivity contribution in [1.29, 1.82) is 0 Å².